The largest absolute Gasteiger partial charge is 0.298 e. The molecule has 0 unspecified atom stereocenters. The Labute approximate surface area is 82.2 Å². The van der Waals surface area contributed by atoms with Crippen LogP contribution in [0.25, 0.3) is 0 Å². The lowest BCUT2D eigenvalue weighted by Gasteiger charge is -2.44. The Bertz CT molecular complexity index is 177. The number of rotatable bonds is 2. The summed E-state index contributed by atoms with van der Waals surface area (Å²) in [7, 11) is 2.19. The van der Waals surface area contributed by atoms with Gasteiger partial charge in [-0.05, 0) is 27.8 Å². The van der Waals surface area contributed by atoms with E-state index < -0.39 is 0 Å². The molecule has 0 spiro atoms. The highest BCUT2D eigenvalue weighted by Gasteiger charge is 2.28. The average molecular weight is 182 g/mol. The second-order valence-electron chi connectivity index (χ2n) is 4.37. The first-order valence-corrected chi connectivity index (χ1v) is 5.14. The Morgan fingerprint density at radius 2 is 2.00 bits per heavy atom. The van der Waals surface area contributed by atoms with E-state index in [0.717, 1.165) is 6.54 Å². The van der Waals surface area contributed by atoms with E-state index in [-0.39, 0.29) is 0 Å². The lowest BCUT2D eigenvalue weighted by Crippen LogP contribution is -2.56. The Morgan fingerprint density at radius 3 is 2.46 bits per heavy atom. The third-order valence-corrected chi connectivity index (χ3v) is 3.14. The lowest BCUT2D eigenvalue weighted by atomic mass is 10.1. The molecular formula is C11H22N2. The molecule has 1 aliphatic rings. The van der Waals surface area contributed by atoms with Crippen molar-refractivity contribution in [2.75, 3.05) is 20.1 Å². The fraction of sp³-hybridized carbons (Fsp3) is 0.818. The van der Waals surface area contributed by atoms with Crippen LogP contribution in [0, 0.1) is 0 Å². The van der Waals surface area contributed by atoms with Crippen LogP contribution in [0.5, 0.6) is 0 Å². The molecule has 13 heavy (non-hydrogen) atoms. The summed E-state index contributed by atoms with van der Waals surface area (Å²) in [5.74, 6) is 0. The first kappa shape index (κ1) is 10.7. The van der Waals surface area contributed by atoms with Crippen molar-refractivity contribution in [3.63, 3.8) is 0 Å². The van der Waals surface area contributed by atoms with Gasteiger partial charge < -0.3 is 0 Å². The van der Waals surface area contributed by atoms with E-state index in [4.69, 9.17) is 0 Å². The van der Waals surface area contributed by atoms with Crippen LogP contribution in [0.15, 0.2) is 12.7 Å². The molecule has 1 rings (SSSR count). The summed E-state index contributed by atoms with van der Waals surface area (Å²) >= 11 is 0. The van der Waals surface area contributed by atoms with Crippen LogP contribution in [0.4, 0.5) is 0 Å². The second-order valence-corrected chi connectivity index (χ2v) is 4.37. The minimum Gasteiger partial charge on any atom is -0.298 e. The van der Waals surface area contributed by atoms with Gasteiger partial charge >= 0.3 is 0 Å². The van der Waals surface area contributed by atoms with Crippen LogP contribution in [0.3, 0.4) is 0 Å². The van der Waals surface area contributed by atoms with Gasteiger partial charge in [-0.1, -0.05) is 6.08 Å². The van der Waals surface area contributed by atoms with Gasteiger partial charge in [0.05, 0.1) is 0 Å². The predicted octanol–water partition coefficient (Wildman–Crippen LogP) is 1.59. The van der Waals surface area contributed by atoms with Crippen LogP contribution in [-0.4, -0.2) is 48.1 Å². The van der Waals surface area contributed by atoms with E-state index in [1.807, 2.05) is 0 Å². The first-order chi connectivity index (χ1) is 6.06. The zero-order valence-corrected chi connectivity index (χ0v) is 9.33. The Morgan fingerprint density at radius 1 is 1.38 bits per heavy atom. The molecule has 2 atom stereocenters. The molecule has 0 bridgehead atoms. The molecule has 1 heterocycles. The molecule has 2 heteroatoms. The van der Waals surface area contributed by atoms with E-state index in [2.05, 4.69) is 50.3 Å². The number of hydrogen-bond donors (Lipinski definition) is 0. The highest BCUT2D eigenvalue weighted by atomic mass is 15.3. The molecule has 0 aliphatic carbocycles. The molecule has 0 amide bonds. The number of nitrogens with zero attached hydrogens (tertiary/aromatic N) is 2. The van der Waals surface area contributed by atoms with Crippen molar-refractivity contribution in [2.45, 2.75) is 38.9 Å². The number of likely N-dealkylation sites (N-methyl/N-ethyl adjacent to an activating group) is 1. The molecular weight excluding hydrogens is 160 g/mol. The molecule has 0 saturated carbocycles. The topological polar surface area (TPSA) is 6.48 Å². The highest BCUT2D eigenvalue weighted by molar-refractivity contribution is 4.95. The second kappa shape index (κ2) is 4.25. The Hall–Kier alpha value is -0.340. The Balaban J connectivity index is 2.63. The average Bonchev–Trinajstić information content (AvgIpc) is 2.09. The highest BCUT2D eigenvalue weighted by Crippen LogP contribution is 2.16. The standard InChI is InChI=1S/C11H22N2/c1-6-11-8-13(9(2)3)7-10(4)12(11)5/h6,9-11H,1,7-8H2,2-5H3/t10-,11+/m1/s1. The minimum atomic E-state index is 0.520. The summed E-state index contributed by atoms with van der Waals surface area (Å²) in [5.41, 5.74) is 0. The van der Waals surface area contributed by atoms with Crippen LogP contribution >= 0.6 is 0 Å². The molecule has 76 valence electrons. The van der Waals surface area contributed by atoms with E-state index in [9.17, 15) is 0 Å². The molecule has 0 aromatic carbocycles. The summed E-state index contributed by atoms with van der Waals surface area (Å²) in [6, 6.07) is 1.81. The lowest BCUT2D eigenvalue weighted by molar-refractivity contribution is 0.0540. The quantitative estimate of drug-likeness (QED) is 0.598. The summed E-state index contributed by atoms with van der Waals surface area (Å²) in [5, 5.41) is 0. The smallest absolute Gasteiger partial charge is 0.0403 e. The maximum Gasteiger partial charge on any atom is 0.0403 e. The molecule has 2 nitrogen and oxygen atoms in total. The zero-order chi connectivity index (χ0) is 10.0. The zero-order valence-electron chi connectivity index (χ0n) is 9.33. The first-order valence-electron chi connectivity index (χ1n) is 5.14. The SMILES string of the molecule is C=C[C@H]1CN(C(C)C)C[C@@H](C)N1C. The van der Waals surface area contributed by atoms with Gasteiger partial charge in [0, 0.05) is 31.2 Å². The third kappa shape index (κ3) is 2.32. The molecule has 0 aromatic rings. The molecule has 0 aromatic heterocycles. The normalized spacial score (nSPS) is 32.4. The van der Waals surface area contributed by atoms with Gasteiger partial charge in [-0.2, -0.15) is 0 Å². The van der Waals surface area contributed by atoms with Gasteiger partial charge in [0.2, 0.25) is 0 Å². The van der Waals surface area contributed by atoms with Gasteiger partial charge in [-0.15, -0.1) is 6.58 Å². The van der Waals surface area contributed by atoms with Gasteiger partial charge in [-0.3, -0.25) is 9.80 Å². The van der Waals surface area contributed by atoms with Crippen molar-refractivity contribution in [1.29, 1.82) is 0 Å². The third-order valence-electron chi connectivity index (χ3n) is 3.14. The van der Waals surface area contributed by atoms with Gasteiger partial charge in [0.1, 0.15) is 0 Å². The van der Waals surface area contributed by atoms with Gasteiger partial charge in [0.25, 0.3) is 0 Å². The summed E-state index contributed by atoms with van der Waals surface area (Å²) < 4.78 is 0. The van der Waals surface area contributed by atoms with Crippen LogP contribution in [-0.2, 0) is 0 Å². The van der Waals surface area contributed by atoms with Crippen LogP contribution in [0.2, 0.25) is 0 Å². The maximum absolute atomic E-state index is 3.89. The van der Waals surface area contributed by atoms with E-state index in [0.29, 0.717) is 18.1 Å². The van der Waals surface area contributed by atoms with Crippen molar-refractivity contribution >= 4 is 0 Å². The summed E-state index contributed by atoms with van der Waals surface area (Å²) in [6.45, 7) is 13.0. The van der Waals surface area contributed by atoms with Crippen molar-refractivity contribution < 1.29 is 0 Å². The fourth-order valence-corrected chi connectivity index (χ4v) is 1.90. The van der Waals surface area contributed by atoms with Crippen LogP contribution < -0.4 is 0 Å². The van der Waals surface area contributed by atoms with Gasteiger partial charge in [0.15, 0.2) is 0 Å². The number of hydrogen-bond acceptors (Lipinski definition) is 2. The van der Waals surface area contributed by atoms with Crippen molar-refractivity contribution in [3.05, 3.63) is 12.7 Å². The van der Waals surface area contributed by atoms with E-state index in [1.165, 1.54) is 6.54 Å². The molecule has 1 fully saturated rings. The van der Waals surface area contributed by atoms with Crippen molar-refractivity contribution in [2.24, 2.45) is 0 Å². The van der Waals surface area contributed by atoms with Crippen LogP contribution in [0.1, 0.15) is 20.8 Å². The van der Waals surface area contributed by atoms with Crippen molar-refractivity contribution in [3.8, 4) is 0 Å². The van der Waals surface area contributed by atoms with Crippen molar-refractivity contribution in [1.82, 2.24) is 9.80 Å². The summed E-state index contributed by atoms with van der Waals surface area (Å²) in [4.78, 5) is 4.93. The Kier molecular flexibility index (Phi) is 3.51. The molecule has 1 saturated heterocycles. The maximum atomic E-state index is 3.89. The number of piperazine rings is 1. The minimum absolute atomic E-state index is 0.520. The molecule has 0 N–H and O–H groups in total. The monoisotopic (exact) mass is 182 g/mol. The van der Waals surface area contributed by atoms with E-state index in [1.54, 1.807) is 0 Å². The van der Waals surface area contributed by atoms with E-state index >= 15 is 0 Å². The predicted molar refractivity (Wildman–Crippen MR) is 57.9 cm³/mol. The van der Waals surface area contributed by atoms with Gasteiger partial charge in [-0.25, -0.2) is 0 Å². The molecule has 1 aliphatic heterocycles. The molecule has 0 radical (unpaired) electrons. The fourth-order valence-electron chi connectivity index (χ4n) is 1.90. The summed E-state index contributed by atoms with van der Waals surface area (Å²) in [6.07, 6.45) is 2.06.